The third-order valence-electron chi connectivity index (χ3n) is 3.50. The van der Waals surface area contributed by atoms with E-state index in [2.05, 4.69) is 0 Å². The molecule has 0 aliphatic heterocycles. The molecule has 0 aliphatic carbocycles. The fourth-order valence-electron chi connectivity index (χ4n) is 2.20. The van der Waals surface area contributed by atoms with Crippen LogP contribution in [-0.4, -0.2) is 11.7 Å². The maximum absolute atomic E-state index is 12.4. The van der Waals surface area contributed by atoms with Crippen LogP contribution in [0.15, 0.2) is 54.6 Å². The van der Waals surface area contributed by atoms with Gasteiger partial charge in [-0.2, -0.15) is 13.2 Å². The molecule has 1 unspecified atom stereocenters. The molecule has 0 amide bonds. The molecule has 2 rings (SSSR count). The van der Waals surface area contributed by atoms with Crippen molar-refractivity contribution in [2.45, 2.75) is 31.7 Å². The van der Waals surface area contributed by atoms with Gasteiger partial charge in [0.05, 0.1) is 18.3 Å². The molecule has 23 heavy (non-hydrogen) atoms. The van der Waals surface area contributed by atoms with E-state index in [4.69, 9.17) is 4.74 Å². The topological polar surface area (TPSA) is 29.5 Å². The van der Waals surface area contributed by atoms with Crippen LogP contribution in [0, 0.1) is 0 Å². The van der Waals surface area contributed by atoms with Crippen LogP contribution >= 0.6 is 0 Å². The van der Waals surface area contributed by atoms with Crippen LogP contribution in [0.3, 0.4) is 0 Å². The molecule has 0 aliphatic rings. The van der Waals surface area contributed by atoms with E-state index in [1.165, 1.54) is 12.1 Å². The van der Waals surface area contributed by atoms with Crippen molar-refractivity contribution in [3.63, 3.8) is 0 Å². The first-order valence-corrected chi connectivity index (χ1v) is 7.44. The van der Waals surface area contributed by atoms with E-state index in [0.29, 0.717) is 25.0 Å². The molecule has 0 heterocycles. The van der Waals surface area contributed by atoms with Crippen molar-refractivity contribution in [1.29, 1.82) is 0 Å². The number of hydrogen-bond donors (Lipinski definition) is 1. The Hall–Kier alpha value is -1.85. The van der Waals surface area contributed by atoms with Crippen molar-refractivity contribution in [1.82, 2.24) is 0 Å². The Morgan fingerprint density at radius 2 is 1.61 bits per heavy atom. The lowest BCUT2D eigenvalue weighted by atomic mass is 10.1. The number of rotatable bonds is 7. The summed E-state index contributed by atoms with van der Waals surface area (Å²) in [4.78, 5) is 0. The Balaban J connectivity index is 1.68. The number of aliphatic hydroxyl groups is 1. The van der Waals surface area contributed by atoms with Crippen LogP contribution < -0.4 is 0 Å². The van der Waals surface area contributed by atoms with E-state index < -0.39 is 17.8 Å². The Labute approximate surface area is 133 Å². The molecule has 0 fully saturated rings. The van der Waals surface area contributed by atoms with Gasteiger partial charge in [-0.25, -0.2) is 0 Å². The minimum absolute atomic E-state index is 0.263. The van der Waals surface area contributed by atoms with Crippen LogP contribution in [0.4, 0.5) is 13.2 Å². The van der Waals surface area contributed by atoms with Gasteiger partial charge in [0.15, 0.2) is 0 Å². The number of alkyl halides is 3. The highest BCUT2D eigenvalue weighted by molar-refractivity contribution is 5.24. The maximum atomic E-state index is 12.4. The van der Waals surface area contributed by atoms with Crippen molar-refractivity contribution in [3.8, 4) is 0 Å². The predicted molar refractivity (Wildman–Crippen MR) is 81.7 cm³/mol. The molecule has 2 aromatic rings. The molecule has 0 saturated heterocycles. The third kappa shape index (κ3) is 5.69. The first-order chi connectivity index (χ1) is 11.0. The summed E-state index contributed by atoms with van der Waals surface area (Å²) in [6.07, 6.45) is -3.58. The third-order valence-corrected chi connectivity index (χ3v) is 3.50. The number of hydrogen-bond acceptors (Lipinski definition) is 2. The number of benzene rings is 2. The van der Waals surface area contributed by atoms with E-state index in [9.17, 15) is 18.3 Å². The predicted octanol–water partition coefficient (Wildman–Crippen LogP) is 4.74. The van der Waals surface area contributed by atoms with Gasteiger partial charge in [-0.3, -0.25) is 0 Å². The second-order valence-electron chi connectivity index (χ2n) is 5.32. The lowest BCUT2D eigenvalue weighted by Gasteiger charge is -2.11. The monoisotopic (exact) mass is 324 g/mol. The van der Waals surface area contributed by atoms with E-state index in [1.54, 1.807) is 0 Å². The van der Waals surface area contributed by atoms with Crippen LogP contribution in [-0.2, 0) is 17.5 Å². The number of aliphatic hydroxyl groups excluding tert-OH is 1. The van der Waals surface area contributed by atoms with Gasteiger partial charge in [0, 0.05) is 6.61 Å². The number of ether oxygens (including phenoxy) is 1. The average Bonchev–Trinajstić information content (AvgIpc) is 2.55. The molecule has 0 radical (unpaired) electrons. The summed E-state index contributed by atoms with van der Waals surface area (Å²) in [6.45, 7) is 0.713. The second kappa shape index (κ2) is 8.13. The van der Waals surface area contributed by atoms with Gasteiger partial charge in [0.2, 0.25) is 0 Å². The van der Waals surface area contributed by atoms with Crippen molar-refractivity contribution in [2.24, 2.45) is 0 Å². The summed E-state index contributed by atoms with van der Waals surface area (Å²) in [6, 6.07) is 14.3. The zero-order chi connectivity index (χ0) is 16.7. The SMILES string of the molecule is OC(CCCOCc1ccc(C(F)(F)F)cc1)c1ccccc1. The van der Waals surface area contributed by atoms with Crippen LogP contribution in [0.5, 0.6) is 0 Å². The molecular weight excluding hydrogens is 305 g/mol. The quantitative estimate of drug-likeness (QED) is 0.746. The highest BCUT2D eigenvalue weighted by Crippen LogP contribution is 2.29. The molecule has 0 bridgehead atoms. The Kier molecular flexibility index (Phi) is 6.19. The highest BCUT2D eigenvalue weighted by Gasteiger charge is 2.29. The van der Waals surface area contributed by atoms with E-state index in [0.717, 1.165) is 17.7 Å². The molecule has 2 aromatic carbocycles. The van der Waals surface area contributed by atoms with Gasteiger partial charge in [0.25, 0.3) is 0 Å². The molecule has 0 saturated carbocycles. The highest BCUT2D eigenvalue weighted by atomic mass is 19.4. The Morgan fingerprint density at radius 3 is 2.22 bits per heavy atom. The summed E-state index contributed by atoms with van der Waals surface area (Å²) in [5.41, 5.74) is 0.907. The van der Waals surface area contributed by atoms with Crippen LogP contribution in [0.25, 0.3) is 0 Å². The van der Waals surface area contributed by atoms with Crippen molar-refractivity contribution in [2.75, 3.05) is 6.61 Å². The second-order valence-corrected chi connectivity index (χ2v) is 5.32. The van der Waals surface area contributed by atoms with Crippen molar-refractivity contribution >= 4 is 0 Å². The average molecular weight is 324 g/mol. The van der Waals surface area contributed by atoms with Gasteiger partial charge in [-0.15, -0.1) is 0 Å². The standard InChI is InChI=1S/C18H19F3O2/c19-18(20,21)16-10-8-14(9-11-16)13-23-12-4-7-17(22)15-5-2-1-3-6-15/h1-3,5-6,8-11,17,22H,4,7,12-13H2. The fraction of sp³-hybridized carbons (Fsp3) is 0.333. The normalized spacial score (nSPS) is 13.0. The first-order valence-electron chi connectivity index (χ1n) is 7.44. The molecule has 1 N–H and O–H groups in total. The van der Waals surface area contributed by atoms with E-state index in [1.807, 2.05) is 30.3 Å². The summed E-state index contributed by atoms with van der Waals surface area (Å²) >= 11 is 0. The van der Waals surface area contributed by atoms with Gasteiger partial charge in [-0.1, -0.05) is 42.5 Å². The minimum Gasteiger partial charge on any atom is -0.388 e. The van der Waals surface area contributed by atoms with E-state index >= 15 is 0 Å². The van der Waals surface area contributed by atoms with Gasteiger partial charge in [0.1, 0.15) is 0 Å². The number of halogens is 3. The first kappa shape index (κ1) is 17.5. The van der Waals surface area contributed by atoms with Crippen LogP contribution in [0.1, 0.15) is 35.6 Å². The van der Waals surface area contributed by atoms with Gasteiger partial charge in [-0.05, 0) is 36.1 Å². The summed E-state index contributed by atoms with van der Waals surface area (Å²) in [7, 11) is 0. The largest absolute Gasteiger partial charge is 0.416 e. The Bertz CT molecular complexity index is 579. The fourth-order valence-corrected chi connectivity index (χ4v) is 2.20. The zero-order valence-electron chi connectivity index (χ0n) is 12.6. The van der Waals surface area contributed by atoms with Crippen LogP contribution in [0.2, 0.25) is 0 Å². The van der Waals surface area contributed by atoms with E-state index in [-0.39, 0.29) is 6.61 Å². The summed E-state index contributed by atoms with van der Waals surface area (Å²) < 4.78 is 42.7. The zero-order valence-corrected chi connectivity index (χ0v) is 12.6. The maximum Gasteiger partial charge on any atom is 0.416 e. The molecule has 2 nitrogen and oxygen atoms in total. The molecule has 124 valence electrons. The van der Waals surface area contributed by atoms with Gasteiger partial charge >= 0.3 is 6.18 Å². The molecule has 5 heteroatoms. The molecule has 0 spiro atoms. The minimum atomic E-state index is -4.31. The summed E-state index contributed by atoms with van der Waals surface area (Å²) in [5.74, 6) is 0. The van der Waals surface area contributed by atoms with Crippen molar-refractivity contribution < 1.29 is 23.0 Å². The van der Waals surface area contributed by atoms with Gasteiger partial charge < -0.3 is 9.84 Å². The van der Waals surface area contributed by atoms with Crippen molar-refractivity contribution in [3.05, 3.63) is 71.3 Å². The smallest absolute Gasteiger partial charge is 0.388 e. The lowest BCUT2D eigenvalue weighted by Crippen LogP contribution is -2.05. The molecular formula is C18H19F3O2. The Morgan fingerprint density at radius 1 is 0.957 bits per heavy atom. The molecule has 1 atom stereocenters. The summed E-state index contributed by atoms with van der Waals surface area (Å²) in [5, 5.41) is 9.98. The lowest BCUT2D eigenvalue weighted by molar-refractivity contribution is -0.137. The molecule has 0 aromatic heterocycles.